The van der Waals surface area contributed by atoms with Crippen LogP contribution in [0.1, 0.15) is 12.5 Å². The quantitative estimate of drug-likeness (QED) is 0.811. The Hall–Kier alpha value is -1.23. The predicted octanol–water partition coefficient (Wildman–Crippen LogP) is 1.59. The van der Waals surface area contributed by atoms with Gasteiger partial charge in [0, 0.05) is 6.04 Å². The average Bonchev–Trinajstić information content (AvgIpc) is 2.15. The second-order valence-corrected chi connectivity index (χ2v) is 6.09. The lowest BCUT2D eigenvalue weighted by Crippen LogP contribution is -2.32. The minimum absolute atomic E-state index is 0.0896. The molecule has 1 aliphatic rings. The zero-order valence-electron chi connectivity index (χ0n) is 9.57. The first-order chi connectivity index (χ1) is 7.45. The van der Waals surface area contributed by atoms with Crippen LogP contribution in [0.2, 0.25) is 0 Å². The van der Waals surface area contributed by atoms with Crippen LogP contribution < -0.4 is 10.1 Å². The van der Waals surface area contributed by atoms with Crippen LogP contribution in [0.15, 0.2) is 17.0 Å². The van der Waals surface area contributed by atoms with E-state index in [9.17, 15) is 8.42 Å². The molecular weight excluding hydrogens is 226 g/mol. The van der Waals surface area contributed by atoms with Crippen molar-refractivity contribution >= 4 is 15.5 Å². The molecule has 1 aromatic carbocycles. The Morgan fingerprint density at radius 1 is 1.44 bits per heavy atom. The predicted molar refractivity (Wildman–Crippen MR) is 62.9 cm³/mol. The molecule has 0 fully saturated rings. The molecule has 1 heterocycles. The Morgan fingerprint density at radius 3 is 2.75 bits per heavy atom. The van der Waals surface area contributed by atoms with Crippen molar-refractivity contribution in [2.75, 3.05) is 18.2 Å². The van der Waals surface area contributed by atoms with E-state index >= 15 is 0 Å². The average molecular weight is 241 g/mol. The van der Waals surface area contributed by atoms with Crippen LogP contribution in [0, 0.1) is 6.92 Å². The topological polar surface area (TPSA) is 55.4 Å². The molecule has 1 aliphatic heterocycles. The van der Waals surface area contributed by atoms with E-state index in [-0.39, 0.29) is 11.8 Å². The third-order valence-corrected chi connectivity index (χ3v) is 4.79. The van der Waals surface area contributed by atoms with Gasteiger partial charge in [-0.15, -0.1) is 0 Å². The summed E-state index contributed by atoms with van der Waals surface area (Å²) in [5.74, 6) is 0.712. The van der Waals surface area contributed by atoms with Crippen molar-refractivity contribution in [2.45, 2.75) is 24.8 Å². The van der Waals surface area contributed by atoms with Gasteiger partial charge in [0.15, 0.2) is 9.84 Å². The number of sulfone groups is 1. The zero-order valence-corrected chi connectivity index (χ0v) is 10.4. The standard InChI is InChI=1S/C11H15NO3S/c1-7-4-5-9(15-3)10-11(7)16(13,14)6-8(2)12-10/h4-5,8,12H,6H2,1-3H3. The van der Waals surface area contributed by atoms with Gasteiger partial charge in [-0.25, -0.2) is 8.42 Å². The molecule has 0 aliphatic carbocycles. The minimum Gasteiger partial charge on any atom is -0.495 e. The van der Waals surface area contributed by atoms with Gasteiger partial charge in [-0.3, -0.25) is 0 Å². The Bertz CT molecular complexity index is 522. The molecule has 1 unspecified atom stereocenters. The monoisotopic (exact) mass is 241 g/mol. The first kappa shape index (κ1) is 11.3. The van der Waals surface area contributed by atoms with Crippen LogP contribution >= 0.6 is 0 Å². The summed E-state index contributed by atoms with van der Waals surface area (Å²) in [5.41, 5.74) is 1.36. The van der Waals surface area contributed by atoms with Gasteiger partial charge in [-0.2, -0.15) is 0 Å². The molecule has 0 saturated carbocycles. The highest BCUT2D eigenvalue weighted by Gasteiger charge is 2.31. The molecule has 1 N–H and O–H groups in total. The number of anilines is 1. The van der Waals surface area contributed by atoms with E-state index in [0.29, 0.717) is 16.3 Å². The maximum Gasteiger partial charge on any atom is 0.182 e. The van der Waals surface area contributed by atoms with E-state index in [4.69, 9.17) is 4.74 Å². The lowest BCUT2D eigenvalue weighted by Gasteiger charge is -2.26. The van der Waals surface area contributed by atoms with Gasteiger partial charge in [0.2, 0.25) is 0 Å². The number of benzene rings is 1. The van der Waals surface area contributed by atoms with Crippen molar-refractivity contribution < 1.29 is 13.2 Å². The number of nitrogens with one attached hydrogen (secondary N) is 1. The van der Waals surface area contributed by atoms with Gasteiger partial charge >= 0.3 is 0 Å². The lowest BCUT2D eigenvalue weighted by molar-refractivity contribution is 0.414. The molecule has 0 bridgehead atoms. The minimum atomic E-state index is -3.20. The van der Waals surface area contributed by atoms with E-state index in [2.05, 4.69) is 5.32 Å². The molecule has 88 valence electrons. The number of methoxy groups -OCH3 is 1. The van der Waals surface area contributed by atoms with Crippen molar-refractivity contribution in [3.05, 3.63) is 17.7 Å². The van der Waals surface area contributed by atoms with Crippen LogP contribution in [0.3, 0.4) is 0 Å². The Morgan fingerprint density at radius 2 is 2.12 bits per heavy atom. The number of hydrogen-bond donors (Lipinski definition) is 1. The van der Waals surface area contributed by atoms with E-state index in [0.717, 1.165) is 5.56 Å². The molecule has 4 nitrogen and oxygen atoms in total. The van der Waals surface area contributed by atoms with Crippen molar-refractivity contribution in [2.24, 2.45) is 0 Å². The first-order valence-electron chi connectivity index (χ1n) is 5.12. The summed E-state index contributed by atoms with van der Waals surface area (Å²) in [4.78, 5) is 0.380. The number of hydrogen-bond acceptors (Lipinski definition) is 4. The molecule has 1 aromatic rings. The third-order valence-electron chi connectivity index (χ3n) is 2.71. The Balaban J connectivity index is 2.75. The Kier molecular flexibility index (Phi) is 2.58. The van der Waals surface area contributed by atoms with E-state index in [1.54, 1.807) is 26.2 Å². The van der Waals surface area contributed by atoms with E-state index in [1.165, 1.54) is 0 Å². The summed E-state index contributed by atoms with van der Waals surface area (Å²) < 4.78 is 29.3. The zero-order chi connectivity index (χ0) is 11.9. The molecular formula is C11H15NO3S. The molecule has 0 amide bonds. The van der Waals surface area contributed by atoms with Gasteiger partial charge in [-0.1, -0.05) is 6.07 Å². The van der Waals surface area contributed by atoms with Crippen LogP contribution in [0.4, 0.5) is 5.69 Å². The first-order valence-corrected chi connectivity index (χ1v) is 6.78. The summed E-state index contributed by atoms with van der Waals surface area (Å²) in [6.45, 7) is 3.65. The van der Waals surface area contributed by atoms with E-state index in [1.807, 2.05) is 6.92 Å². The summed E-state index contributed by atoms with van der Waals surface area (Å²) in [6.07, 6.45) is 0. The van der Waals surface area contributed by atoms with Crippen molar-refractivity contribution in [3.63, 3.8) is 0 Å². The third kappa shape index (κ3) is 1.65. The maximum absolute atomic E-state index is 12.1. The highest BCUT2D eigenvalue weighted by atomic mass is 32.2. The van der Waals surface area contributed by atoms with Crippen LogP contribution in [0.25, 0.3) is 0 Å². The van der Waals surface area contributed by atoms with Crippen LogP contribution in [-0.2, 0) is 9.84 Å². The van der Waals surface area contributed by atoms with E-state index < -0.39 is 9.84 Å². The van der Waals surface area contributed by atoms with Crippen molar-refractivity contribution in [1.82, 2.24) is 0 Å². The van der Waals surface area contributed by atoms with Crippen LogP contribution in [0.5, 0.6) is 5.75 Å². The molecule has 0 aromatic heterocycles. The fourth-order valence-electron chi connectivity index (χ4n) is 2.08. The number of ether oxygens (including phenoxy) is 1. The summed E-state index contributed by atoms with van der Waals surface area (Å²) in [7, 11) is -1.66. The molecule has 0 saturated heterocycles. The Labute approximate surface area is 95.5 Å². The number of rotatable bonds is 1. The maximum atomic E-state index is 12.1. The molecule has 5 heteroatoms. The number of aryl methyl sites for hydroxylation is 1. The fourth-order valence-corrected chi connectivity index (χ4v) is 4.01. The van der Waals surface area contributed by atoms with Gasteiger partial charge in [0.05, 0.1) is 23.4 Å². The van der Waals surface area contributed by atoms with Crippen LogP contribution in [-0.4, -0.2) is 27.3 Å². The molecule has 2 rings (SSSR count). The molecule has 1 atom stereocenters. The summed E-state index contributed by atoms with van der Waals surface area (Å²) >= 11 is 0. The fraction of sp³-hybridized carbons (Fsp3) is 0.455. The summed E-state index contributed by atoms with van der Waals surface area (Å²) in [6, 6.07) is 3.47. The van der Waals surface area contributed by atoms with Gasteiger partial charge in [0.1, 0.15) is 5.75 Å². The second-order valence-electron chi connectivity index (χ2n) is 4.12. The van der Waals surface area contributed by atoms with Crippen molar-refractivity contribution in [1.29, 1.82) is 0 Å². The number of fused-ring (bicyclic) bond motifs is 1. The van der Waals surface area contributed by atoms with Gasteiger partial charge in [0.25, 0.3) is 0 Å². The molecule has 0 spiro atoms. The van der Waals surface area contributed by atoms with Crippen molar-refractivity contribution in [3.8, 4) is 5.75 Å². The molecule has 0 radical (unpaired) electrons. The lowest BCUT2D eigenvalue weighted by atomic mass is 10.2. The normalized spacial score (nSPS) is 22.1. The molecule has 16 heavy (non-hydrogen) atoms. The largest absolute Gasteiger partial charge is 0.495 e. The van der Waals surface area contributed by atoms with Gasteiger partial charge in [-0.05, 0) is 25.5 Å². The smallest absolute Gasteiger partial charge is 0.182 e. The summed E-state index contributed by atoms with van der Waals surface area (Å²) in [5, 5.41) is 3.17. The SMILES string of the molecule is COc1ccc(C)c2c1NC(C)CS2(=O)=O. The highest BCUT2D eigenvalue weighted by Crippen LogP contribution is 2.38. The van der Waals surface area contributed by atoms with Gasteiger partial charge < -0.3 is 10.1 Å². The second kappa shape index (κ2) is 3.66. The highest BCUT2D eigenvalue weighted by molar-refractivity contribution is 7.91.